The Morgan fingerprint density at radius 2 is 1.70 bits per heavy atom. The first kappa shape index (κ1) is 21.5. The summed E-state index contributed by atoms with van der Waals surface area (Å²) < 4.78 is 65.7. The molecule has 2 aromatic rings. The molecule has 0 saturated heterocycles. The average molecular weight is 441 g/mol. The number of rotatable bonds is 5. The van der Waals surface area contributed by atoms with Crippen LogP contribution in [0.1, 0.15) is 12.5 Å². The number of alkyl halides is 3. The van der Waals surface area contributed by atoms with E-state index in [4.69, 9.17) is 23.2 Å². The van der Waals surface area contributed by atoms with Crippen molar-refractivity contribution in [2.75, 3.05) is 5.32 Å². The monoisotopic (exact) mass is 440 g/mol. The number of hydrogen-bond donors (Lipinski definition) is 2. The first-order valence-corrected chi connectivity index (χ1v) is 9.60. The zero-order valence-corrected chi connectivity index (χ0v) is 16.0. The van der Waals surface area contributed by atoms with Crippen LogP contribution in [0.5, 0.6) is 0 Å². The smallest absolute Gasteiger partial charge is 0.325 e. The molecule has 0 heterocycles. The Hall–Kier alpha value is -1.81. The first-order valence-electron chi connectivity index (χ1n) is 7.36. The number of halogens is 5. The maximum absolute atomic E-state index is 13.0. The van der Waals surface area contributed by atoms with Crippen molar-refractivity contribution in [2.45, 2.75) is 24.0 Å². The van der Waals surface area contributed by atoms with Gasteiger partial charge < -0.3 is 5.32 Å². The van der Waals surface area contributed by atoms with Gasteiger partial charge in [0.15, 0.2) is 0 Å². The highest BCUT2D eigenvalue weighted by Gasteiger charge is 2.37. The summed E-state index contributed by atoms with van der Waals surface area (Å²) in [5, 5.41) is 2.82. The fourth-order valence-electron chi connectivity index (χ4n) is 2.11. The molecule has 1 amide bonds. The van der Waals surface area contributed by atoms with Crippen molar-refractivity contribution in [1.29, 1.82) is 0 Å². The maximum atomic E-state index is 13.0. The van der Waals surface area contributed by atoms with E-state index in [1.54, 1.807) is 0 Å². The summed E-state index contributed by atoms with van der Waals surface area (Å²) >= 11 is 11.6. The Kier molecular flexibility index (Phi) is 6.41. The van der Waals surface area contributed by atoms with Crippen molar-refractivity contribution in [3.8, 4) is 0 Å². The lowest BCUT2D eigenvalue weighted by molar-refractivity contribution is -0.139. The fraction of sp³-hybridized carbons (Fsp3) is 0.188. The van der Waals surface area contributed by atoms with Crippen LogP contribution in [0.4, 0.5) is 18.9 Å². The molecule has 0 spiro atoms. The van der Waals surface area contributed by atoms with Gasteiger partial charge in [-0.1, -0.05) is 35.3 Å². The molecule has 1 unspecified atom stereocenters. The minimum atomic E-state index is -4.86. The third-order valence-electron chi connectivity index (χ3n) is 3.39. The van der Waals surface area contributed by atoms with Crippen LogP contribution in [-0.4, -0.2) is 20.4 Å². The third kappa shape index (κ3) is 5.35. The van der Waals surface area contributed by atoms with Crippen LogP contribution in [0.15, 0.2) is 47.4 Å². The highest BCUT2D eigenvalue weighted by atomic mass is 35.5. The van der Waals surface area contributed by atoms with E-state index >= 15 is 0 Å². The van der Waals surface area contributed by atoms with Crippen molar-refractivity contribution in [1.82, 2.24) is 4.72 Å². The van der Waals surface area contributed by atoms with E-state index in [1.165, 1.54) is 25.1 Å². The van der Waals surface area contributed by atoms with E-state index in [-0.39, 0.29) is 15.7 Å². The highest BCUT2D eigenvalue weighted by Crippen LogP contribution is 2.34. The Morgan fingerprint density at radius 3 is 2.30 bits per heavy atom. The SMILES string of the molecule is CC(NS(=O)(=O)c1ccccc1C(F)(F)F)C(=O)Nc1ccc(Cl)c(Cl)c1. The standard InChI is InChI=1S/C16H13Cl2F3N2O3S/c1-9(15(24)22-10-6-7-12(17)13(18)8-10)23-27(25,26)14-5-3-2-4-11(14)16(19,20)21/h2-9,23H,1H3,(H,22,24). The molecule has 0 aliphatic heterocycles. The summed E-state index contributed by atoms with van der Waals surface area (Å²) in [6.45, 7) is 1.20. The van der Waals surface area contributed by atoms with Crippen LogP contribution in [0.25, 0.3) is 0 Å². The summed E-state index contributed by atoms with van der Waals surface area (Å²) in [6.07, 6.45) is -4.86. The summed E-state index contributed by atoms with van der Waals surface area (Å²) in [5.74, 6) is -0.790. The molecule has 0 aromatic heterocycles. The van der Waals surface area contributed by atoms with Gasteiger partial charge in [-0.25, -0.2) is 8.42 Å². The molecule has 0 saturated carbocycles. The second kappa shape index (κ2) is 8.05. The maximum Gasteiger partial charge on any atom is 0.417 e. The summed E-state index contributed by atoms with van der Waals surface area (Å²) in [4.78, 5) is 11.2. The first-order chi connectivity index (χ1) is 12.4. The Morgan fingerprint density at radius 1 is 1.07 bits per heavy atom. The number of carbonyl (C=O) groups excluding carboxylic acids is 1. The van der Waals surface area contributed by atoms with Gasteiger partial charge in [0.25, 0.3) is 0 Å². The lowest BCUT2D eigenvalue weighted by Crippen LogP contribution is -2.42. The van der Waals surface area contributed by atoms with Crippen LogP contribution >= 0.6 is 23.2 Å². The van der Waals surface area contributed by atoms with Crippen molar-refractivity contribution < 1.29 is 26.4 Å². The van der Waals surface area contributed by atoms with Crippen LogP contribution in [0, 0.1) is 0 Å². The predicted octanol–water partition coefficient (Wildman–Crippen LogP) is 4.32. The Balaban J connectivity index is 2.20. The number of amides is 1. The summed E-state index contributed by atoms with van der Waals surface area (Å²) in [5.41, 5.74) is -1.08. The second-order valence-electron chi connectivity index (χ2n) is 5.46. The molecule has 2 aromatic carbocycles. The number of sulfonamides is 1. The van der Waals surface area contributed by atoms with E-state index < -0.39 is 38.6 Å². The fourth-order valence-corrected chi connectivity index (χ4v) is 3.84. The van der Waals surface area contributed by atoms with Gasteiger partial charge in [0.05, 0.1) is 26.5 Å². The van der Waals surface area contributed by atoms with Crippen molar-refractivity contribution in [3.63, 3.8) is 0 Å². The molecule has 27 heavy (non-hydrogen) atoms. The molecule has 0 bridgehead atoms. The minimum Gasteiger partial charge on any atom is -0.325 e. The number of hydrogen-bond acceptors (Lipinski definition) is 3. The van der Waals surface area contributed by atoms with Gasteiger partial charge >= 0.3 is 6.18 Å². The molecule has 0 aliphatic carbocycles. The molecule has 0 fully saturated rings. The molecule has 2 rings (SSSR count). The van der Waals surface area contributed by atoms with E-state index in [0.29, 0.717) is 6.07 Å². The van der Waals surface area contributed by atoms with Gasteiger partial charge in [-0.3, -0.25) is 4.79 Å². The van der Waals surface area contributed by atoms with Gasteiger partial charge in [0.1, 0.15) is 0 Å². The van der Waals surface area contributed by atoms with E-state index in [0.717, 1.165) is 18.2 Å². The molecule has 5 nitrogen and oxygen atoms in total. The van der Waals surface area contributed by atoms with Crippen LogP contribution < -0.4 is 10.0 Å². The van der Waals surface area contributed by atoms with Gasteiger partial charge in [-0.05, 0) is 37.3 Å². The highest BCUT2D eigenvalue weighted by molar-refractivity contribution is 7.89. The molecule has 0 aliphatic rings. The third-order valence-corrected chi connectivity index (χ3v) is 5.73. The Bertz CT molecular complexity index is 966. The molecular weight excluding hydrogens is 428 g/mol. The van der Waals surface area contributed by atoms with Gasteiger partial charge in [0, 0.05) is 5.69 Å². The molecule has 2 N–H and O–H groups in total. The van der Waals surface area contributed by atoms with Gasteiger partial charge in [-0.15, -0.1) is 0 Å². The largest absolute Gasteiger partial charge is 0.417 e. The molecule has 1 atom stereocenters. The zero-order valence-electron chi connectivity index (χ0n) is 13.6. The van der Waals surface area contributed by atoms with Gasteiger partial charge in [-0.2, -0.15) is 17.9 Å². The minimum absolute atomic E-state index is 0.168. The average Bonchev–Trinajstić information content (AvgIpc) is 2.57. The number of nitrogens with one attached hydrogen (secondary N) is 2. The van der Waals surface area contributed by atoms with Gasteiger partial charge in [0.2, 0.25) is 15.9 Å². The zero-order chi connectivity index (χ0) is 20.4. The van der Waals surface area contributed by atoms with E-state index in [1.807, 2.05) is 4.72 Å². The van der Waals surface area contributed by atoms with Crippen molar-refractivity contribution >= 4 is 44.8 Å². The molecule has 0 radical (unpaired) electrons. The van der Waals surface area contributed by atoms with Crippen molar-refractivity contribution in [2.24, 2.45) is 0 Å². The number of benzene rings is 2. The predicted molar refractivity (Wildman–Crippen MR) is 96.3 cm³/mol. The van der Waals surface area contributed by atoms with Crippen LogP contribution in [0.3, 0.4) is 0 Å². The summed E-state index contributed by atoms with van der Waals surface area (Å²) in [7, 11) is -4.60. The quantitative estimate of drug-likeness (QED) is 0.726. The molecular formula is C16H13Cl2F3N2O3S. The second-order valence-corrected chi connectivity index (χ2v) is 7.95. The van der Waals surface area contributed by atoms with E-state index in [9.17, 15) is 26.4 Å². The Labute approximate surface area is 163 Å². The summed E-state index contributed by atoms with van der Waals surface area (Å²) in [6, 6.07) is 6.55. The number of anilines is 1. The molecule has 11 heteroatoms. The number of carbonyl (C=O) groups is 1. The lowest BCUT2D eigenvalue weighted by atomic mass is 10.2. The topological polar surface area (TPSA) is 75.3 Å². The lowest BCUT2D eigenvalue weighted by Gasteiger charge is -2.17. The van der Waals surface area contributed by atoms with Crippen molar-refractivity contribution in [3.05, 3.63) is 58.1 Å². The normalized spacial score (nSPS) is 13.3. The molecule has 146 valence electrons. The van der Waals surface area contributed by atoms with Crippen LogP contribution in [-0.2, 0) is 21.0 Å². The van der Waals surface area contributed by atoms with E-state index in [2.05, 4.69) is 5.32 Å². The van der Waals surface area contributed by atoms with Crippen LogP contribution in [0.2, 0.25) is 10.0 Å².